The number of nitrogens with zero attached hydrogens (tertiary/aromatic N) is 7. The predicted octanol–water partition coefficient (Wildman–Crippen LogP) is 2.18. The zero-order chi connectivity index (χ0) is 19.8. The van der Waals surface area contributed by atoms with Crippen LogP contribution in [0.2, 0.25) is 0 Å². The molecule has 4 heterocycles. The second-order valence-corrected chi connectivity index (χ2v) is 7.52. The number of nitrogens with one attached hydrogen (secondary N) is 2. The minimum absolute atomic E-state index is 0.474. The van der Waals surface area contributed by atoms with Crippen LogP contribution in [0.15, 0.2) is 42.7 Å². The Hall–Kier alpha value is -3.33. The summed E-state index contributed by atoms with van der Waals surface area (Å²) < 4.78 is 1.78. The lowest BCUT2D eigenvalue weighted by molar-refractivity contribution is 0.370. The molecule has 0 radical (unpaired) electrons. The number of fused-ring (bicyclic) bond motifs is 1. The van der Waals surface area contributed by atoms with E-state index in [4.69, 9.17) is 0 Å². The van der Waals surface area contributed by atoms with E-state index in [1.807, 2.05) is 36.5 Å². The predicted molar refractivity (Wildman–Crippen MR) is 111 cm³/mol. The number of anilines is 1. The fourth-order valence-corrected chi connectivity index (χ4v) is 4.02. The van der Waals surface area contributed by atoms with Crippen molar-refractivity contribution in [3.05, 3.63) is 42.7 Å². The van der Waals surface area contributed by atoms with E-state index in [2.05, 4.69) is 54.9 Å². The summed E-state index contributed by atoms with van der Waals surface area (Å²) in [5.41, 5.74) is 4.03. The van der Waals surface area contributed by atoms with Gasteiger partial charge in [0, 0.05) is 37.1 Å². The first-order chi connectivity index (χ1) is 14.2. The molecule has 1 aliphatic rings. The van der Waals surface area contributed by atoms with Gasteiger partial charge in [-0.2, -0.15) is 20.5 Å². The number of hydrogen-bond acceptors (Lipinski definition) is 7. The molecule has 2 atom stereocenters. The van der Waals surface area contributed by atoms with Crippen LogP contribution < -0.4 is 10.2 Å². The molecule has 29 heavy (non-hydrogen) atoms. The molecule has 148 valence electrons. The minimum atomic E-state index is 0.474. The Morgan fingerprint density at radius 2 is 2.00 bits per heavy atom. The van der Waals surface area contributed by atoms with Crippen LogP contribution in [0.1, 0.15) is 19.8 Å². The molecule has 9 nitrogen and oxygen atoms in total. The molecule has 1 saturated heterocycles. The Morgan fingerprint density at radius 1 is 1.10 bits per heavy atom. The molecule has 1 aromatic carbocycles. The average molecular weight is 389 g/mol. The largest absolute Gasteiger partial charge is 0.355 e. The van der Waals surface area contributed by atoms with Crippen molar-refractivity contribution in [2.24, 2.45) is 0 Å². The summed E-state index contributed by atoms with van der Waals surface area (Å²) in [6.07, 6.45) is 5.84. The second-order valence-electron chi connectivity index (χ2n) is 7.52. The Labute approximate surface area is 168 Å². The van der Waals surface area contributed by atoms with E-state index in [1.54, 1.807) is 10.9 Å². The van der Waals surface area contributed by atoms with Gasteiger partial charge in [-0.3, -0.25) is 0 Å². The van der Waals surface area contributed by atoms with Crippen LogP contribution in [-0.4, -0.2) is 61.1 Å². The van der Waals surface area contributed by atoms with Crippen molar-refractivity contribution in [3.8, 4) is 16.9 Å². The maximum absolute atomic E-state index is 4.50. The maximum Gasteiger partial charge on any atom is 0.151 e. The lowest BCUT2D eigenvalue weighted by atomic mass is 9.99. The van der Waals surface area contributed by atoms with Gasteiger partial charge in [0.05, 0.1) is 11.4 Å². The average Bonchev–Trinajstić information content (AvgIpc) is 3.45. The van der Waals surface area contributed by atoms with Crippen LogP contribution in [0.5, 0.6) is 0 Å². The summed E-state index contributed by atoms with van der Waals surface area (Å²) in [6, 6.07) is 10.9. The van der Waals surface area contributed by atoms with E-state index < -0.39 is 0 Å². The smallest absolute Gasteiger partial charge is 0.151 e. The third kappa shape index (κ3) is 3.23. The van der Waals surface area contributed by atoms with Gasteiger partial charge in [-0.25, -0.2) is 4.68 Å². The van der Waals surface area contributed by atoms with Crippen molar-refractivity contribution in [1.29, 1.82) is 0 Å². The van der Waals surface area contributed by atoms with Crippen LogP contribution in [0.4, 0.5) is 5.82 Å². The molecule has 3 aromatic heterocycles. The SMILES string of the molecule is CC1CC(N(C)c2ccc(-c3ccc(-n4cccn4)c4n[nH]nc34)nn2)CCN1. The van der Waals surface area contributed by atoms with Gasteiger partial charge in [0.15, 0.2) is 5.82 Å². The topological polar surface area (TPSA) is 100 Å². The first-order valence-electron chi connectivity index (χ1n) is 9.84. The van der Waals surface area contributed by atoms with Crippen molar-refractivity contribution in [1.82, 2.24) is 40.7 Å². The molecule has 2 N–H and O–H groups in total. The number of piperidine rings is 1. The van der Waals surface area contributed by atoms with Gasteiger partial charge in [0.2, 0.25) is 0 Å². The molecular formula is C20H23N9. The molecule has 1 aliphatic heterocycles. The van der Waals surface area contributed by atoms with Crippen LogP contribution in [0, 0.1) is 0 Å². The van der Waals surface area contributed by atoms with E-state index in [0.29, 0.717) is 12.1 Å². The first-order valence-corrected chi connectivity index (χ1v) is 9.84. The van der Waals surface area contributed by atoms with Gasteiger partial charge in [-0.05, 0) is 56.6 Å². The third-order valence-electron chi connectivity index (χ3n) is 5.64. The Morgan fingerprint density at radius 3 is 2.76 bits per heavy atom. The highest BCUT2D eigenvalue weighted by Crippen LogP contribution is 2.29. The summed E-state index contributed by atoms with van der Waals surface area (Å²) >= 11 is 0. The number of hydrogen-bond donors (Lipinski definition) is 2. The van der Waals surface area contributed by atoms with Crippen molar-refractivity contribution in [2.75, 3.05) is 18.5 Å². The summed E-state index contributed by atoms with van der Waals surface area (Å²) in [5.74, 6) is 0.886. The molecule has 5 rings (SSSR count). The summed E-state index contributed by atoms with van der Waals surface area (Å²) in [4.78, 5) is 2.24. The van der Waals surface area contributed by atoms with Crippen molar-refractivity contribution >= 4 is 16.9 Å². The van der Waals surface area contributed by atoms with Gasteiger partial charge >= 0.3 is 0 Å². The third-order valence-corrected chi connectivity index (χ3v) is 5.64. The Bertz CT molecular complexity index is 1100. The highest BCUT2D eigenvalue weighted by atomic mass is 15.3. The van der Waals surface area contributed by atoms with Crippen LogP contribution in [-0.2, 0) is 0 Å². The Balaban J connectivity index is 1.45. The van der Waals surface area contributed by atoms with E-state index in [9.17, 15) is 0 Å². The normalized spacial score (nSPS) is 19.5. The number of rotatable bonds is 4. The molecule has 2 unspecified atom stereocenters. The summed E-state index contributed by atoms with van der Waals surface area (Å²) in [5, 5.41) is 28.2. The van der Waals surface area contributed by atoms with Crippen LogP contribution in [0.25, 0.3) is 28.0 Å². The molecule has 0 spiro atoms. The van der Waals surface area contributed by atoms with E-state index in [-0.39, 0.29) is 0 Å². The lowest BCUT2D eigenvalue weighted by Gasteiger charge is -2.35. The monoisotopic (exact) mass is 389 g/mol. The molecule has 0 saturated carbocycles. The van der Waals surface area contributed by atoms with E-state index in [0.717, 1.165) is 53.2 Å². The number of benzene rings is 1. The molecular weight excluding hydrogens is 366 g/mol. The zero-order valence-corrected chi connectivity index (χ0v) is 16.4. The second kappa shape index (κ2) is 7.25. The van der Waals surface area contributed by atoms with E-state index in [1.165, 1.54) is 0 Å². The van der Waals surface area contributed by atoms with Gasteiger partial charge in [0.1, 0.15) is 11.0 Å². The van der Waals surface area contributed by atoms with Gasteiger partial charge in [-0.15, -0.1) is 10.2 Å². The van der Waals surface area contributed by atoms with E-state index >= 15 is 0 Å². The molecule has 9 heteroatoms. The van der Waals surface area contributed by atoms with Crippen LogP contribution in [0.3, 0.4) is 0 Å². The minimum Gasteiger partial charge on any atom is -0.355 e. The fourth-order valence-electron chi connectivity index (χ4n) is 4.02. The number of H-pyrrole nitrogens is 1. The fraction of sp³-hybridized carbons (Fsp3) is 0.350. The van der Waals surface area contributed by atoms with Gasteiger partial charge in [-0.1, -0.05) is 0 Å². The zero-order valence-electron chi connectivity index (χ0n) is 16.4. The summed E-state index contributed by atoms with van der Waals surface area (Å²) in [7, 11) is 2.10. The Kier molecular flexibility index (Phi) is 4.44. The molecule has 0 bridgehead atoms. The number of aromatic nitrogens is 7. The first kappa shape index (κ1) is 17.7. The van der Waals surface area contributed by atoms with Crippen LogP contribution >= 0.6 is 0 Å². The maximum atomic E-state index is 4.50. The molecule has 4 aromatic rings. The lowest BCUT2D eigenvalue weighted by Crippen LogP contribution is -2.45. The standard InChI is InChI=1S/C20H23N9/c1-13-12-14(8-10-21-13)28(2)18-7-5-16(23-24-18)15-4-6-17(29-11-3-9-22-29)20-19(15)25-27-26-20/h3-7,9,11,13-14,21H,8,10,12H2,1-2H3,(H,25,26,27). The van der Waals surface area contributed by atoms with Crippen molar-refractivity contribution in [3.63, 3.8) is 0 Å². The van der Waals surface area contributed by atoms with Gasteiger partial charge in [0.25, 0.3) is 0 Å². The highest BCUT2D eigenvalue weighted by molar-refractivity contribution is 5.95. The molecule has 0 aliphatic carbocycles. The summed E-state index contributed by atoms with van der Waals surface area (Å²) in [6.45, 7) is 3.26. The van der Waals surface area contributed by atoms with Crippen molar-refractivity contribution < 1.29 is 0 Å². The van der Waals surface area contributed by atoms with Gasteiger partial charge < -0.3 is 10.2 Å². The highest BCUT2D eigenvalue weighted by Gasteiger charge is 2.23. The molecule has 0 amide bonds. The number of aromatic amines is 1. The molecule has 1 fully saturated rings. The quantitative estimate of drug-likeness (QED) is 0.552. The van der Waals surface area contributed by atoms with Crippen molar-refractivity contribution in [2.45, 2.75) is 31.8 Å².